The molecule has 1 aliphatic rings. The van der Waals surface area contributed by atoms with Gasteiger partial charge in [0, 0.05) is 31.3 Å². The maximum atomic E-state index is 11.0. The van der Waals surface area contributed by atoms with E-state index < -0.39 is 0 Å². The normalized spacial score (nSPS) is 17.5. The maximum absolute atomic E-state index is 11.0. The summed E-state index contributed by atoms with van der Waals surface area (Å²) in [5.41, 5.74) is 0.948. The highest BCUT2D eigenvalue weighted by Gasteiger charge is 2.20. The van der Waals surface area contributed by atoms with Crippen LogP contribution in [0.15, 0.2) is 5.38 Å². The van der Waals surface area contributed by atoms with E-state index in [1.165, 1.54) is 18.3 Å². The summed E-state index contributed by atoms with van der Waals surface area (Å²) in [6, 6.07) is 0.379. The zero-order valence-electron chi connectivity index (χ0n) is 12.1. The zero-order chi connectivity index (χ0) is 14.8. The number of nitrogens with one attached hydrogen (secondary N) is 2. The van der Waals surface area contributed by atoms with Gasteiger partial charge in [-0.3, -0.25) is 4.79 Å². The molecule has 21 heavy (non-hydrogen) atoms. The van der Waals surface area contributed by atoms with Crippen molar-refractivity contribution in [2.24, 2.45) is 0 Å². The molecule has 1 amide bonds. The van der Waals surface area contributed by atoms with Crippen molar-refractivity contribution in [2.75, 3.05) is 5.32 Å². The van der Waals surface area contributed by atoms with Crippen LogP contribution in [-0.2, 0) is 24.3 Å². The molecular formula is C13H18N6OS. The second-order valence-corrected chi connectivity index (χ2v) is 6.06. The van der Waals surface area contributed by atoms with Crippen LogP contribution in [0.25, 0.3) is 0 Å². The summed E-state index contributed by atoms with van der Waals surface area (Å²) >= 11 is 1.45. The van der Waals surface area contributed by atoms with E-state index in [0.717, 1.165) is 36.7 Å². The first-order valence-electron chi connectivity index (χ1n) is 6.96. The minimum absolute atomic E-state index is 0.0924. The number of nitrogens with zero attached hydrogens (tertiary/aromatic N) is 4. The van der Waals surface area contributed by atoms with Crippen molar-refractivity contribution in [1.29, 1.82) is 0 Å². The number of hydrogen-bond acceptors (Lipinski definition) is 6. The molecular weight excluding hydrogens is 288 g/mol. The number of carbonyl (C=O) groups excluding carboxylic acids is 1. The molecule has 2 aromatic rings. The van der Waals surface area contributed by atoms with Crippen molar-refractivity contribution in [1.82, 2.24) is 25.1 Å². The van der Waals surface area contributed by atoms with E-state index in [9.17, 15) is 4.79 Å². The van der Waals surface area contributed by atoms with E-state index in [0.29, 0.717) is 17.7 Å². The highest BCUT2D eigenvalue weighted by Crippen LogP contribution is 2.17. The molecule has 7 nitrogen and oxygen atoms in total. The van der Waals surface area contributed by atoms with Crippen LogP contribution in [0.4, 0.5) is 5.13 Å². The van der Waals surface area contributed by atoms with Gasteiger partial charge in [0.2, 0.25) is 5.91 Å². The number of anilines is 1. The SMILES string of the molecule is CC(=O)Nc1nc(CNC2CCc3nc(C)nn3C2)cs1. The molecule has 8 heteroatoms. The zero-order valence-corrected chi connectivity index (χ0v) is 12.9. The van der Waals surface area contributed by atoms with Crippen LogP contribution in [0.1, 0.15) is 30.7 Å². The topological polar surface area (TPSA) is 84.7 Å². The smallest absolute Gasteiger partial charge is 0.223 e. The molecule has 1 atom stereocenters. The average molecular weight is 306 g/mol. The lowest BCUT2D eigenvalue weighted by Gasteiger charge is -2.23. The van der Waals surface area contributed by atoms with E-state index >= 15 is 0 Å². The van der Waals surface area contributed by atoms with Gasteiger partial charge in [-0.1, -0.05) is 0 Å². The third-order valence-electron chi connectivity index (χ3n) is 3.37. The summed E-state index contributed by atoms with van der Waals surface area (Å²) in [5.74, 6) is 1.82. The lowest BCUT2D eigenvalue weighted by molar-refractivity contribution is -0.114. The van der Waals surface area contributed by atoms with Gasteiger partial charge in [0.15, 0.2) is 5.13 Å². The minimum atomic E-state index is -0.0924. The first-order valence-corrected chi connectivity index (χ1v) is 7.84. The van der Waals surface area contributed by atoms with Crippen LogP contribution in [-0.4, -0.2) is 31.7 Å². The highest BCUT2D eigenvalue weighted by molar-refractivity contribution is 7.13. The predicted octanol–water partition coefficient (Wildman–Crippen LogP) is 1.11. The fourth-order valence-electron chi connectivity index (χ4n) is 2.45. The van der Waals surface area contributed by atoms with Gasteiger partial charge in [-0.2, -0.15) is 5.10 Å². The van der Waals surface area contributed by atoms with Crippen LogP contribution in [0.3, 0.4) is 0 Å². The molecule has 0 saturated carbocycles. The minimum Gasteiger partial charge on any atom is -0.306 e. The van der Waals surface area contributed by atoms with Gasteiger partial charge in [0.1, 0.15) is 11.6 Å². The molecule has 0 fully saturated rings. The van der Waals surface area contributed by atoms with Crippen molar-refractivity contribution in [3.05, 3.63) is 22.7 Å². The number of fused-ring (bicyclic) bond motifs is 1. The van der Waals surface area contributed by atoms with Gasteiger partial charge >= 0.3 is 0 Å². The van der Waals surface area contributed by atoms with Crippen LogP contribution >= 0.6 is 11.3 Å². The van der Waals surface area contributed by atoms with Gasteiger partial charge in [-0.15, -0.1) is 11.3 Å². The Labute approximate surface area is 126 Å². The summed E-state index contributed by atoms with van der Waals surface area (Å²) in [6.07, 6.45) is 2.01. The monoisotopic (exact) mass is 306 g/mol. The Hall–Kier alpha value is -1.80. The first-order chi connectivity index (χ1) is 10.1. The second kappa shape index (κ2) is 5.90. The number of aryl methyl sites for hydroxylation is 2. The maximum Gasteiger partial charge on any atom is 0.223 e. The Morgan fingerprint density at radius 3 is 3.19 bits per heavy atom. The van der Waals surface area contributed by atoms with Crippen molar-refractivity contribution in [3.63, 3.8) is 0 Å². The van der Waals surface area contributed by atoms with Gasteiger partial charge in [0.05, 0.1) is 12.2 Å². The molecule has 0 radical (unpaired) electrons. The lowest BCUT2D eigenvalue weighted by Crippen LogP contribution is -2.37. The molecule has 0 aromatic carbocycles. The molecule has 112 valence electrons. The van der Waals surface area contributed by atoms with Gasteiger partial charge in [-0.25, -0.2) is 14.6 Å². The van der Waals surface area contributed by atoms with Crippen molar-refractivity contribution in [3.8, 4) is 0 Å². The quantitative estimate of drug-likeness (QED) is 0.884. The Bertz CT molecular complexity index is 649. The van der Waals surface area contributed by atoms with Gasteiger partial charge in [0.25, 0.3) is 0 Å². The molecule has 3 rings (SSSR count). The van der Waals surface area contributed by atoms with Crippen molar-refractivity contribution >= 4 is 22.4 Å². The van der Waals surface area contributed by atoms with Crippen LogP contribution in [0.5, 0.6) is 0 Å². The Morgan fingerprint density at radius 2 is 2.38 bits per heavy atom. The largest absolute Gasteiger partial charge is 0.306 e. The number of thiazole rings is 1. The van der Waals surface area contributed by atoms with E-state index in [4.69, 9.17) is 0 Å². The highest BCUT2D eigenvalue weighted by atomic mass is 32.1. The third-order valence-corrected chi connectivity index (χ3v) is 4.18. The fraction of sp³-hybridized carbons (Fsp3) is 0.538. The number of rotatable bonds is 4. The molecule has 3 heterocycles. The Balaban J connectivity index is 1.54. The lowest BCUT2D eigenvalue weighted by atomic mass is 10.1. The van der Waals surface area contributed by atoms with E-state index in [1.54, 1.807) is 0 Å². The molecule has 0 aliphatic carbocycles. The molecule has 2 N–H and O–H groups in total. The average Bonchev–Trinajstić information content (AvgIpc) is 3.00. The Morgan fingerprint density at radius 1 is 1.52 bits per heavy atom. The Kier molecular flexibility index (Phi) is 3.98. The standard InChI is InChI=1S/C13H18N6OS/c1-8-15-12-4-3-10(6-19(12)18-8)14-5-11-7-21-13(17-11)16-9(2)20/h7,10,14H,3-6H2,1-2H3,(H,16,17,20). The summed E-state index contributed by atoms with van der Waals surface area (Å²) in [5, 5.41) is 13.2. The van der Waals surface area contributed by atoms with Crippen LogP contribution < -0.4 is 10.6 Å². The summed E-state index contributed by atoms with van der Waals surface area (Å²) in [4.78, 5) is 19.8. The predicted molar refractivity (Wildman–Crippen MR) is 80.1 cm³/mol. The van der Waals surface area contributed by atoms with Gasteiger partial charge < -0.3 is 10.6 Å². The van der Waals surface area contributed by atoms with E-state index in [1.807, 2.05) is 17.0 Å². The van der Waals surface area contributed by atoms with Crippen molar-refractivity contribution < 1.29 is 4.79 Å². The summed E-state index contributed by atoms with van der Waals surface area (Å²) in [6.45, 7) is 4.95. The van der Waals surface area contributed by atoms with E-state index in [2.05, 4.69) is 25.7 Å². The molecule has 0 saturated heterocycles. The molecule has 1 aliphatic heterocycles. The number of aromatic nitrogens is 4. The van der Waals surface area contributed by atoms with E-state index in [-0.39, 0.29) is 5.91 Å². The van der Waals surface area contributed by atoms with Gasteiger partial charge in [-0.05, 0) is 13.3 Å². The van der Waals surface area contributed by atoms with Crippen molar-refractivity contribution in [2.45, 2.75) is 45.8 Å². The molecule has 0 spiro atoms. The number of hydrogen-bond donors (Lipinski definition) is 2. The second-order valence-electron chi connectivity index (χ2n) is 5.20. The molecule has 0 bridgehead atoms. The third kappa shape index (κ3) is 3.45. The summed E-state index contributed by atoms with van der Waals surface area (Å²) < 4.78 is 1.99. The molecule has 2 aromatic heterocycles. The number of amides is 1. The number of carbonyl (C=O) groups is 1. The summed E-state index contributed by atoms with van der Waals surface area (Å²) in [7, 11) is 0. The first kappa shape index (κ1) is 14.2. The van der Waals surface area contributed by atoms with Crippen LogP contribution in [0.2, 0.25) is 0 Å². The fourth-order valence-corrected chi connectivity index (χ4v) is 3.20. The molecule has 1 unspecified atom stereocenters. The van der Waals surface area contributed by atoms with Crippen LogP contribution in [0, 0.1) is 6.92 Å².